The fraction of sp³-hybridized carbons (Fsp3) is 0.409. The molecule has 1 aliphatic heterocycles. The summed E-state index contributed by atoms with van der Waals surface area (Å²) in [7, 11) is 6.22. The number of hydrogen-bond donors (Lipinski definition) is 0. The molecule has 2 aromatic rings. The van der Waals surface area contributed by atoms with Crippen LogP contribution in [0.2, 0.25) is 5.02 Å². The summed E-state index contributed by atoms with van der Waals surface area (Å²) in [6.07, 6.45) is 3.00. The van der Waals surface area contributed by atoms with Gasteiger partial charge < -0.3 is 9.80 Å². The molecule has 0 amide bonds. The molecule has 0 aromatic heterocycles. The van der Waals surface area contributed by atoms with E-state index in [0.29, 0.717) is 5.92 Å². The molecule has 3 rings (SSSR count). The van der Waals surface area contributed by atoms with Gasteiger partial charge in [0.1, 0.15) is 0 Å². The van der Waals surface area contributed by atoms with E-state index < -0.39 is 0 Å². The van der Waals surface area contributed by atoms with Gasteiger partial charge in [-0.15, -0.1) is 0 Å². The third-order valence-corrected chi connectivity index (χ3v) is 5.80. The fourth-order valence-electron chi connectivity index (χ4n) is 3.68. The van der Waals surface area contributed by atoms with Gasteiger partial charge in [-0.2, -0.15) is 0 Å². The van der Waals surface area contributed by atoms with Crippen molar-refractivity contribution in [1.82, 2.24) is 0 Å². The highest BCUT2D eigenvalue weighted by atomic mass is 35.5. The second-order valence-electron chi connectivity index (χ2n) is 8.08. The molecule has 26 heavy (non-hydrogen) atoms. The molecule has 1 atom stereocenters. The van der Waals surface area contributed by atoms with E-state index >= 15 is 0 Å². The topological polar surface area (TPSA) is 18.8 Å². The van der Waals surface area contributed by atoms with Crippen LogP contribution in [0.15, 0.2) is 41.4 Å². The van der Waals surface area contributed by atoms with Crippen LogP contribution in [0.25, 0.3) is 0 Å². The molecule has 0 radical (unpaired) electrons. The van der Waals surface area contributed by atoms with Crippen molar-refractivity contribution in [3.05, 3.63) is 52.5 Å². The molecule has 2 aromatic carbocycles. The number of nitrogens with zero attached hydrogens (tertiary/aromatic N) is 3. The van der Waals surface area contributed by atoms with Gasteiger partial charge in [0.2, 0.25) is 0 Å². The summed E-state index contributed by atoms with van der Waals surface area (Å²) >= 11 is 6.58. The van der Waals surface area contributed by atoms with E-state index in [1.807, 2.05) is 32.4 Å². The third kappa shape index (κ3) is 3.59. The summed E-state index contributed by atoms with van der Waals surface area (Å²) < 4.78 is 0. The Hall–Kier alpha value is -2.00. The van der Waals surface area contributed by atoms with Crippen molar-refractivity contribution in [2.45, 2.75) is 38.6 Å². The lowest BCUT2D eigenvalue weighted by Gasteiger charge is -2.45. The Kier molecular flexibility index (Phi) is 5.03. The molecule has 3 nitrogen and oxygen atoms in total. The van der Waals surface area contributed by atoms with Crippen LogP contribution >= 0.6 is 11.6 Å². The zero-order valence-electron chi connectivity index (χ0n) is 16.5. The highest BCUT2D eigenvalue weighted by Gasteiger charge is 2.34. The molecule has 1 aliphatic rings. The van der Waals surface area contributed by atoms with Crippen LogP contribution in [-0.4, -0.2) is 32.9 Å². The van der Waals surface area contributed by atoms with Gasteiger partial charge in [0.05, 0.1) is 10.7 Å². The van der Waals surface area contributed by atoms with Crippen LogP contribution in [0.5, 0.6) is 0 Å². The smallest absolute Gasteiger partial charge is 0.0631 e. The average Bonchev–Trinajstić information content (AvgIpc) is 2.58. The normalized spacial score (nSPS) is 18.9. The van der Waals surface area contributed by atoms with Crippen LogP contribution in [0, 0.1) is 0 Å². The summed E-state index contributed by atoms with van der Waals surface area (Å²) in [6, 6.07) is 12.5. The van der Waals surface area contributed by atoms with E-state index in [2.05, 4.69) is 66.9 Å². The molecule has 4 heteroatoms. The quantitative estimate of drug-likeness (QED) is 0.629. The van der Waals surface area contributed by atoms with E-state index in [1.54, 1.807) is 0 Å². The molecule has 0 saturated heterocycles. The van der Waals surface area contributed by atoms with Crippen LogP contribution < -0.4 is 9.80 Å². The first kappa shape index (κ1) is 18.8. The predicted octanol–water partition coefficient (Wildman–Crippen LogP) is 5.88. The maximum absolute atomic E-state index is 6.58. The van der Waals surface area contributed by atoms with Crippen molar-refractivity contribution < 1.29 is 0 Å². The van der Waals surface area contributed by atoms with E-state index in [0.717, 1.165) is 28.4 Å². The standard InChI is InChI=1S/C22H28ClN3/c1-15-13-22(2,3)26(6)21-12-20(23)16(11-19(15)21)14-24-17-7-9-18(10-8-17)25(4)5/h7-12,14-15H,13H2,1-6H3. The number of anilines is 2. The van der Waals surface area contributed by atoms with Crippen LogP contribution in [-0.2, 0) is 0 Å². The molecule has 1 unspecified atom stereocenters. The third-order valence-electron chi connectivity index (χ3n) is 5.47. The summed E-state index contributed by atoms with van der Waals surface area (Å²) in [6.45, 7) is 6.86. The first-order valence-corrected chi connectivity index (χ1v) is 9.45. The summed E-state index contributed by atoms with van der Waals surface area (Å²) in [4.78, 5) is 9.04. The molecule has 0 spiro atoms. The predicted molar refractivity (Wildman–Crippen MR) is 115 cm³/mol. The number of rotatable bonds is 3. The highest BCUT2D eigenvalue weighted by molar-refractivity contribution is 6.33. The zero-order valence-corrected chi connectivity index (χ0v) is 17.3. The second kappa shape index (κ2) is 6.96. The van der Waals surface area contributed by atoms with Crippen molar-refractivity contribution in [1.29, 1.82) is 0 Å². The molecule has 0 fully saturated rings. The molecular weight excluding hydrogens is 342 g/mol. The van der Waals surface area contributed by atoms with Gasteiger partial charge in [-0.25, -0.2) is 0 Å². The molecule has 1 heterocycles. The minimum absolute atomic E-state index is 0.138. The first-order chi connectivity index (χ1) is 12.2. The van der Waals surface area contributed by atoms with Gasteiger partial charge >= 0.3 is 0 Å². The van der Waals surface area contributed by atoms with Crippen molar-refractivity contribution in [3.8, 4) is 0 Å². The molecule has 0 aliphatic carbocycles. The van der Waals surface area contributed by atoms with Gasteiger partial charge in [-0.05, 0) is 68.1 Å². The van der Waals surface area contributed by atoms with Crippen molar-refractivity contribution in [2.24, 2.45) is 4.99 Å². The van der Waals surface area contributed by atoms with Gasteiger partial charge in [0.25, 0.3) is 0 Å². The number of aliphatic imine (C=N–C) groups is 1. The lowest BCUT2D eigenvalue weighted by atomic mass is 9.80. The molecule has 0 N–H and O–H groups in total. The van der Waals surface area contributed by atoms with Gasteiger partial charge in [0.15, 0.2) is 0 Å². The van der Waals surface area contributed by atoms with Gasteiger partial charge in [-0.1, -0.05) is 18.5 Å². The molecule has 138 valence electrons. The Balaban J connectivity index is 1.91. The van der Waals surface area contributed by atoms with Gasteiger partial charge in [0, 0.05) is 49.8 Å². The van der Waals surface area contributed by atoms with E-state index in [1.165, 1.54) is 11.3 Å². The molecule has 0 saturated carbocycles. The summed E-state index contributed by atoms with van der Waals surface area (Å²) in [5, 5.41) is 0.745. The number of halogens is 1. The maximum atomic E-state index is 6.58. The van der Waals surface area contributed by atoms with Crippen LogP contribution in [0.4, 0.5) is 17.1 Å². The monoisotopic (exact) mass is 369 g/mol. The van der Waals surface area contributed by atoms with Crippen LogP contribution in [0.1, 0.15) is 44.2 Å². The lowest BCUT2D eigenvalue weighted by Crippen LogP contribution is -2.45. The van der Waals surface area contributed by atoms with E-state index in [4.69, 9.17) is 11.6 Å². The summed E-state index contributed by atoms with van der Waals surface area (Å²) in [5.74, 6) is 0.500. The summed E-state index contributed by atoms with van der Waals surface area (Å²) in [5.41, 5.74) is 5.78. The van der Waals surface area contributed by atoms with E-state index in [9.17, 15) is 0 Å². The highest BCUT2D eigenvalue weighted by Crippen LogP contribution is 2.44. The van der Waals surface area contributed by atoms with Crippen molar-refractivity contribution in [3.63, 3.8) is 0 Å². The lowest BCUT2D eigenvalue weighted by molar-refractivity contribution is 0.395. The van der Waals surface area contributed by atoms with Crippen molar-refractivity contribution in [2.75, 3.05) is 30.9 Å². The largest absolute Gasteiger partial charge is 0.378 e. The Morgan fingerprint density at radius 1 is 1.19 bits per heavy atom. The number of fused-ring (bicyclic) bond motifs is 1. The molecular formula is C22H28ClN3. The molecule has 0 bridgehead atoms. The van der Waals surface area contributed by atoms with E-state index in [-0.39, 0.29) is 5.54 Å². The Morgan fingerprint density at radius 3 is 2.46 bits per heavy atom. The average molecular weight is 370 g/mol. The van der Waals surface area contributed by atoms with Crippen LogP contribution in [0.3, 0.4) is 0 Å². The Morgan fingerprint density at radius 2 is 1.85 bits per heavy atom. The maximum Gasteiger partial charge on any atom is 0.0631 e. The zero-order chi connectivity index (χ0) is 19.1. The minimum atomic E-state index is 0.138. The number of benzene rings is 2. The number of hydrogen-bond acceptors (Lipinski definition) is 3. The SMILES string of the molecule is CC1CC(C)(C)N(C)c2cc(Cl)c(C=Nc3ccc(N(C)C)cc3)cc21. The fourth-order valence-corrected chi connectivity index (χ4v) is 3.89. The van der Waals surface area contributed by atoms with Crippen molar-refractivity contribution >= 4 is 34.9 Å². The Bertz CT molecular complexity index is 822. The second-order valence-corrected chi connectivity index (χ2v) is 8.49. The first-order valence-electron chi connectivity index (χ1n) is 9.08. The Labute approximate surface area is 162 Å². The minimum Gasteiger partial charge on any atom is -0.378 e. The van der Waals surface area contributed by atoms with Gasteiger partial charge in [-0.3, -0.25) is 4.99 Å².